The summed E-state index contributed by atoms with van der Waals surface area (Å²) in [6.07, 6.45) is 2.15. The van der Waals surface area contributed by atoms with Crippen molar-refractivity contribution < 1.29 is 9.53 Å². The molecule has 0 radical (unpaired) electrons. The molecular weight excluding hydrogens is 272 g/mol. The lowest BCUT2D eigenvalue weighted by molar-refractivity contribution is 0.0983. The Morgan fingerprint density at radius 2 is 1.95 bits per heavy atom. The summed E-state index contributed by atoms with van der Waals surface area (Å²) in [7, 11) is 0. The van der Waals surface area contributed by atoms with Crippen LogP contribution >= 0.6 is 11.6 Å². The standard InChI is InChI=1S/C17H15ClO2/c18-15-5-1-12(2-6-15)3-7-16(19)13-4-8-17-14(11-13)9-10-20-17/h1-2,4-6,8,11H,3,7,9-10H2. The number of ketones is 1. The first kappa shape index (κ1) is 13.2. The summed E-state index contributed by atoms with van der Waals surface area (Å²) < 4.78 is 5.45. The number of fused-ring (bicyclic) bond motifs is 1. The Kier molecular flexibility index (Phi) is 3.75. The highest BCUT2D eigenvalue weighted by molar-refractivity contribution is 6.30. The van der Waals surface area contributed by atoms with Crippen LogP contribution in [-0.2, 0) is 12.8 Å². The lowest BCUT2D eigenvalue weighted by atomic mass is 10.0. The monoisotopic (exact) mass is 286 g/mol. The highest BCUT2D eigenvalue weighted by atomic mass is 35.5. The smallest absolute Gasteiger partial charge is 0.163 e. The maximum absolute atomic E-state index is 12.2. The van der Waals surface area contributed by atoms with E-state index < -0.39 is 0 Å². The molecule has 2 aromatic rings. The van der Waals surface area contributed by atoms with Gasteiger partial charge in [-0.2, -0.15) is 0 Å². The normalized spacial score (nSPS) is 12.8. The number of aryl methyl sites for hydroxylation is 1. The molecule has 0 fully saturated rings. The van der Waals surface area contributed by atoms with E-state index in [9.17, 15) is 4.79 Å². The molecule has 0 atom stereocenters. The van der Waals surface area contributed by atoms with Crippen molar-refractivity contribution in [1.82, 2.24) is 0 Å². The number of Topliss-reactive ketones (excluding diaryl/α,β-unsaturated/α-hetero) is 1. The van der Waals surface area contributed by atoms with Crippen LogP contribution in [0, 0.1) is 0 Å². The molecule has 0 amide bonds. The maximum atomic E-state index is 12.2. The zero-order valence-corrected chi connectivity index (χ0v) is 11.8. The van der Waals surface area contributed by atoms with Crippen LogP contribution < -0.4 is 4.74 Å². The molecule has 3 heteroatoms. The van der Waals surface area contributed by atoms with Gasteiger partial charge in [0.05, 0.1) is 6.61 Å². The molecule has 2 aromatic carbocycles. The van der Waals surface area contributed by atoms with E-state index in [4.69, 9.17) is 16.3 Å². The second-order valence-electron chi connectivity index (χ2n) is 4.97. The van der Waals surface area contributed by atoms with Crippen molar-refractivity contribution in [3.63, 3.8) is 0 Å². The molecule has 2 nitrogen and oxygen atoms in total. The van der Waals surface area contributed by atoms with E-state index in [1.807, 2.05) is 42.5 Å². The number of carbonyl (C=O) groups is 1. The van der Waals surface area contributed by atoms with Crippen LogP contribution in [0.2, 0.25) is 5.02 Å². The van der Waals surface area contributed by atoms with Crippen LogP contribution in [0.1, 0.15) is 27.9 Å². The van der Waals surface area contributed by atoms with Gasteiger partial charge in [-0.3, -0.25) is 4.79 Å². The third-order valence-corrected chi connectivity index (χ3v) is 3.82. The van der Waals surface area contributed by atoms with Gasteiger partial charge in [0.2, 0.25) is 0 Å². The first-order valence-electron chi connectivity index (χ1n) is 6.76. The zero-order chi connectivity index (χ0) is 13.9. The molecule has 0 unspecified atom stereocenters. The Morgan fingerprint density at radius 1 is 1.15 bits per heavy atom. The number of halogens is 1. The molecule has 0 aromatic heterocycles. The van der Waals surface area contributed by atoms with Crippen molar-refractivity contribution >= 4 is 17.4 Å². The number of hydrogen-bond acceptors (Lipinski definition) is 2. The summed E-state index contributed by atoms with van der Waals surface area (Å²) in [4.78, 5) is 12.2. The van der Waals surface area contributed by atoms with Crippen LogP contribution in [0.5, 0.6) is 5.75 Å². The van der Waals surface area contributed by atoms with Crippen LogP contribution in [0.15, 0.2) is 42.5 Å². The average molecular weight is 287 g/mol. The van der Waals surface area contributed by atoms with Gasteiger partial charge in [0.1, 0.15) is 5.75 Å². The summed E-state index contributed by atoms with van der Waals surface area (Å²) in [5.41, 5.74) is 3.05. The van der Waals surface area contributed by atoms with E-state index in [2.05, 4.69) is 0 Å². The fraction of sp³-hybridized carbons (Fsp3) is 0.235. The molecule has 102 valence electrons. The van der Waals surface area contributed by atoms with Gasteiger partial charge in [-0.1, -0.05) is 23.7 Å². The third-order valence-electron chi connectivity index (χ3n) is 3.57. The Balaban J connectivity index is 1.66. The summed E-state index contributed by atoms with van der Waals surface area (Å²) in [5, 5.41) is 0.721. The molecule has 0 saturated heterocycles. The summed E-state index contributed by atoms with van der Waals surface area (Å²) in [5.74, 6) is 1.09. The molecule has 3 rings (SSSR count). The van der Waals surface area contributed by atoms with Gasteiger partial charge in [0, 0.05) is 23.4 Å². The lowest BCUT2D eigenvalue weighted by Gasteiger charge is -2.04. The molecule has 0 N–H and O–H groups in total. The minimum Gasteiger partial charge on any atom is -0.493 e. The Bertz CT molecular complexity index is 632. The fourth-order valence-corrected chi connectivity index (χ4v) is 2.54. The van der Waals surface area contributed by atoms with Gasteiger partial charge in [0.25, 0.3) is 0 Å². The zero-order valence-electron chi connectivity index (χ0n) is 11.1. The van der Waals surface area contributed by atoms with Crippen molar-refractivity contribution in [2.75, 3.05) is 6.61 Å². The van der Waals surface area contributed by atoms with E-state index in [0.717, 1.165) is 46.9 Å². The maximum Gasteiger partial charge on any atom is 0.163 e. The minimum atomic E-state index is 0.176. The van der Waals surface area contributed by atoms with Gasteiger partial charge < -0.3 is 4.74 Å². The van der Waals surface area contributed by atoms with Crippen molar-refractivity contribution in [2.45, 2.75) is 19.3 Å². The Hall–Kier alpha value is -1.80. The lowest BCUT2D eigenvalue weighted by Crippen LogP contribution is -2.01. The minimum absolute atomic E-state index is 0.176. The number of carbonyl (C=O) groups excluding carboxylic acids is 1. The van der Waals surface area contributed by atoms with Gasteiger partial charge in [-0.05, 0) is 47.9 Å². The van der Waals surface area contributed by atoms with Gasteiger partial charge in [0.15, 0.2) is 5.78 Å². The van der Waals surface area contributed by atoms with Crippen LogP contribution in [0.4, 0.5) is 0 Å². The first-order valence-corrected chi connectivity index (χ1v) is 7.13. The quantitative estimate of drug-likeness (QED) is 0.791. The van der Waals surface area contributed by atoms with Crippen LogP contribution in [0.25, 0.3) is 0 Å². The number of ether oxygens (including phenoxy) is 1. The van der Waals surface area contributed by atoms with E-state index in [1.165, 1.54) is 0 Å². The highest BCUT2D eigenvalue weighted by Gasteiger charge is 2.14. The molecular formula is C17H15ClO2. The van der Waals surface area contributed by atoms with Crippen molar-refractivity contribution in [2.24, 2.45) is 0 Å². The van der Waals surface area contributed by atoms with Gasteiger partial charge in [-0.25, -0.2) is 0 Å². The Morgan fingerprint density at radius 3 is 2.75 bits per heavy atom. The second kappa shape index (κ2) is 5.68. The second-order valence-corrected chi connectivity index (χ2v) is 5.41. The average Bonchev–Trinajstić information content (AvgIpc) is 2.93. The highest BCUT2D eigenvalue weighted by Crippen LogP contribution is 2.26. The SMILES string of the molecule is O=C(CCc1ccc(Cl)cc1)c1ccc2c(c1)CCO2. The van der Waals surface area contributed by atoms with E-state index in [-0.39, 0.29) is 5.78 Å². The van der Waals surface area contributed by atoms with E-state index in [1.54, 1.807) is 0 Å². The molecule has 0 spiro atoms. The Labute approximate surface area is 123 Å². The third kappa shape index (κ3) is 2.86. The van der Waals surface area contributed by atoms with Gasteiger partial charge in [-0.15, -0.1) is 0 Å². The summed E-state index contributed by atoms with van der Waals surface area (Å²) in [6.45, 7) is 0.720. The molecule has 1 aliphatic rings. The topological polar surface area (TPSA) is 26.3 Å². The van der Waals surface area contributed by atoms with Crippen LogP contribution in [0.3, 0.4) is 0 Å². The molecule has 1 heterocycles. The summed E-state index contributed by atoms with van der Waals surface area (Å²) >= 11 is 5.85. The largest absolute Gasteiger partial charge is 0.493 e. The predicted octanol–water partition coefficient (Wildman–Crippen LogP) is 4.09. The predicted molar refractivity (Wildman–Crippen MR) is 79.7 cm³/mol. The van der Waals surface area contributed by atoms with Crippen molar-refractivity contribution in [3.8, 4) is 5.75 Å². The van der Waals surface area contributed by atoms with E-state index >= 15 is 0 Å². The van der Waals surface area contributed by atoms with Crippen LogP contribution in [-0.4, -0.2) is 12.4 Å². The van der Waals surface area contributed by atoms with E-state index in [0.29, 0.717) is 6.42 Å². The fourth-order valence-electron chi connectivity index (χ4n) is 2.41. The number of rotatable bonds is 4. The summed E-state index contributed by atoms with van der Waals surface area (Å²) in [6, 6.07) is 13.4. The first-order chi connectivity index (χ1) is 9.72. The van der Waals surface area contributed by atoms with Crippen molar-refractivity contribution in [1.29, 1.82) is 0 Å². The molecule has 0 saturated carbocycles. The van der Waals surface area contributed by atoms with Gasteiger partial charge >= 0.3 is 0 Å². The number of benzene rings is 2. The molecule has 20 heavy (non-hydrogen) atoms. The molecule has 1 aliphatic heterocycles. The molecule has 0 aliphatic carbocycles. The number of hydrogen-bond donors (Lipinski definition) is 0. The van der Waals surface area contributed by atoms with Crippen molar-refractivity contribution in [3.05, 3.63) is 64.2 Å². The molecule has 0 bridgehead atoms.